The van der Waals surface area contributed by atoms with Crippen LogP contribution in [0.4, 0.5) is 0 Å². The molecular weight excluding hydrogens is 256 g/mol. The molecule has 5 heteroatoms. The van der Waals surface area contributed by atoms with Crippen molar-refractivity contribution in [1.29, 1.82) is 0 Å². The Bertz CT molecular complexity index is 388. The summed E-state index contributed by atoms with van der Waals surface area (Å²) in [5, 5.41) is 0.721. The third-order valence-corrected chi connectivity index (χ3v) is 5.93. The highest BCUT2D eigenvalue weighted by atomic mass is 32.2. The number of aromatic nitrogens is 2. The summed E-state index contributed by atoms with van der Waals surface area (Å²) in [5.74, 6) is 4.38. The number of imidazole rings is 1. The predicted molar refractivity (Wildman–Crippen MR) is 77.3 cm³/mol. The lowest BCUT2D eigenvalue weighted by molar-refractivity contribution is 0.627. The van der Waals surface area contributed by atoms with E-state index in [0.717, 1.165) is 16.6 Å². The largest absolute Gasteiger partial charge is 0.337 e. The Labute approximate surface area is 111 Å². The van der Waals surface area contributed by atoms with Crippen LogP contribution in [0.5, 0.6) is 0 Å². The Balaban J connectivity index is 2.13. The molecule has 1 saturated heterocycles. The topological polar surface area (TPSA) is 20.7 Å². The zero-order valence-electron chi connectivity index (χ0n) is 9.73. The summed E-state index contributed by atoms with van der Waals surface area (Å²) in [6.07, 6.45) is 2.06. The van der Waals surface area contributed by atoms with Crippen LogP contribution in [0.25, 0.3) is 0 Å². The van der Waals surface area contributed by atoms with E-state index in [0.29, 0.717) is 5.92 Å². The zero-order chi connectivity index (χ0) is 11.5. The molecule has 1 unspecified atom stereocenters. The molecule has 1 atom stereocenters. The molecule has 1 N–H and O–H groups in total. The normalized spacial score (nSPS) is 21.6. The van der Waals surface area contributed by atoms with Gasteiger partial charge in [0.2, 0.25) is 0 Å². The van der Waals surface area contributed by atoms with E-state index in [4.69, 9.17) is 12.2 Å². The summed E-state index contributed by atoms with van der Waals surface area (Å²) in [5.41, 5.74) is 1.33. The Morgan fingerprint density at radius 2 is 2.38 bits per heavy atom. The van der Waals surface area contributed by atoms with Gasteiger partial charge in [-0.15, -0.1) is 0 Å². The van der Waals surface area contributed by atoms with Crippen LogP contribution >= 0.6 is 35.7 Å². The van der Waals surface area contributed by atoms with Gasteiger partial charge in [-0.25, -0.2) is 0 Å². The lowest BCUT2D eigenvalue weighted by Crippen LogP contribution is -2.21. The molecule has 1 aromatic heterocycles. The van der Waals surface area contributed by atoms with E-state index in [1.165, 1.54) is 23.0 Å². The Morgan fingerprint density at radius 3 is 3.00 bits per heavy atom. The molecule has 16 heavy (non-hydrogen) atoms. The second kappa shape index (κ2) is 5.65. The third-order valence-electron chi connectivity index (χ3n) is 2.76. The van der Waals surface area contributed by atoms with Crippen LogP contribution in [-0.2, 0) is 6.54 Å². The average Bonchev–Trinajstić information content (AvgIpc) is 2.62. The number of rotatable bonds is 3. The second-order valence-electron chi connectivity index (χ2n) is 4.35. The summed E-state index contributed by atoms with van der Waals surface area (Å²) in [4.78, 5) is 3.17. The van der Waals surface area contributed by atoms with Crippen molar-refractivity contribution >= 4 is 35.7 Å². The number of H-pyrrole nitrogens is 1. The van der Waals surface area contributed by atoms with E-state index in [-0.39, 0.29) is 0 Å². The molecular formula is C11H18N2S3. The Hall–Kier alpha value is 0.130. The van der Waals surface area contributed by atoms with Gasteiger partial charge in [-0.1, -0.05) is 13.8 Å². The molecule has 2 heterocycles. The number of nitrogens with one attached hydrogen (secondary N) is 1. The van der Waals surface area contributed by atoms with Gasteiger partial charge in [0, 0.05) is 40.9 Å². The fourth-order valence-corrected chi connectivity index (χ4v) is 4.81. The van der Waals surface area contributed by atoms with Crippen molar-refractivity contribution in [3.8, 4) is 0 Å². The molecule has 1 aromatic rings. The van der Waals surface area contributed by atoms with Crippen molar-refractivity contribution in [2.75, 3.05) is 17.3 Å². The summed E-state index contributed by atoms with van der Waals surface area (Å²) in [6, 6.07) is 0. The third kappa shape index (κ3) is 2.87. The Morgan fingerprint density at radius 1 is 1.56 bits per heavy atom. The van der Waals surface area contributed by atoms with Crippen molar-refractivity contribution in [2.24, 2.45) is 0 Å². The predicted octanol–water partition coefficient (Wildman–Crippen LogP) is 3.52. The molecule has 0 amide bonds. The van der Waals surface area contributed by atoms with Crippen LogP contribution in [0, 0.1) is 4.77 Å². The molecule has 90 valence electrons. The SMILES string of the molecule is CC(C)c1c[nH]c(=S)n1CC1CSCCS1. The molecule has 0 bridgehead atoms. The van der Waals surface area contributed by atoms with E-state index in [2.05, 4.69) is 53.1 Å². The van der Waals surface area contributed by atoms with Gasteiger partial charge in [0.05, 0.1) is 0 Å². The van der Waals surface area contributed by atoms with Gasteiger partial charge < -0.3 is 9.55 Å². The van der Waals surface area contributed by atoms with Crippen molar-refractivity contribution in [1.82, 2.24) is 9.55 Å². The van der Waals surface area contributed by atoms with Crippen LogP contribution in [0.1, 0.15) is 25.5 Å². The van der Waals surface area contributed by atoms with Crippen molar-refractivity contribution in [2.45, 2.75) is 31.6 Å². The molecule has 0 aromatic carbocycles. The monoisotopic (exact) mass is 274 g/mol. The first-order valence-electron chi connectivity index (χ1n) is 5.66. The lowest BCUT2D eigenvalue weighted by Gasteiger charge is -2.22. The van der Waals surface area contributed by atoms with E-state index in [9.17, 15) is 0 Å². The molecule has 0 aliphatic carbocycles. The minimum Gasteiger partial charge on any atom is -0.337 e. The van der Waals surface area contributed by atoms with Crippen molar-refractivity contribution < 1.29 is 0 Å². The quantitative estimate of drug-likeness (QED) is 0.852. The minimum absolute atomic E-state index is 0.536. The molecule has 2 rings (SSSR count). The first-order valence-corrected chi connectivity index (χ1v) is 8.27. The van der Waals surface area contributed by atoms with Crippen molar-refractivity contribution in [3.05, 3.63) is 16.7 Å². The molecule has 1 aliphatic heterocycles. The van der Waals surface area contributed by atoms with E-state index in [1.54, 1.807) is 0 Å². The molecule has 0 saturated carbocycles. The van der Waals surface area contributed by atoms with Gasteiger partial charge in [0.25, 0.3) is 0 Å². The van der Waals surface area contributed by atoms with E-state index < -0.39 is 0 Å². The molecule has 0 radical (unpaired) electrons. The number of nitrogens with zero attached hydrogens (tertiary/aromatic N) is 1. The second-order valence-corrected chi connectivity index (χ2v) is 7.30. The first kappa shape index (κ1) is 12.6. The van der Waals surface area contributed by atoms with Gasteiger partial charge in [-0.3, -0.25) is 0 Å². The molecule has 1 aliphatic rings. The number of aromatic amines is 1. The molecule has 1 fully saturated rings. The maximum atomic E-state index is 5.35. The van der Waals surface area contributed by atoms with Crippen molar-refractivity contribution in [3.63, 3.8) is 0 Å². The van der Waals surface area contributed by atoms with E-state index >= 15 is 0 Å². The molecule has 2 nitrogen and oxygen atoms in total. The maximum absolute atomic E-state index is 5.35. The van der Waals surface area contributed by atoms with Crippen LogP contribution in [0.3, 0.4) is 0 Å². The van der Waals surface area contributed by atoms with Crippen LogP contribution < -0.4 is 0 Å². The highest BCUT2D eigenvalue weighted by Gasteiger charge is 2.17. The van der Waals surface area contributed by atoms with Gasteiger partial charge in [-0.05, 0) is 18.1 Å². The summed E-state index contributed by atoms with van der Waals surface area (Å²) in [6.45, 7) is 5.50. The van der Waals surface area contributed by atoms with Gasteiger partial charge in [0.1, 0.15) is 0 Å². The van der Waals surface area contributed by atoms with Gasteiger partial charge >= 0.3 is 0 Å². The average molecular weight is 274 g/mol. The highest BCUT2D eigenvalue weighted by Crippen LogP contribution is 2.26. The van der Waals surface area contributed by atoms with Crippen LogP contribution in [-0.4, -0.2) is 32.1 Å². The smallest absolute Gasteiger partial charge is 0.177 e. The minimum atomic E-state index is 0.536. The fraction of sp³-hybridized carbons (Fsp3) is 0.727. The van der Waals surface area contributed by atoms with E-state index in [1.807, 2.05) is 0 Å². The first-order chi connectivity index (χ1) is 7.68. The van der Waals surface area contributed by atoms with Crippen LogP contribution in [0.2, 0.25) is 0 Å². The zero-order valence-corrected chi connectivity index (χ0v) is 12.2. The van der Waals surface area contributed by atoms with Gasteiger partial charge in [0.15, 0.2) is 4.77 Å². The lowest BCUT2D eigenvalue weighted by atomic mass is 10.1. The highest BCUT2D eigenvalue weighted by molar-refractivity contribution is 8.06. The Kier molecular flexibility index (Phi) is 4.44. The van der Waals surface area contributed by atoms with Crippen LogP contribution in [0.15, 0.2) is 6.20 Å². The number of hydrogen-bond donors (Lipinski definition) is 1. The number of hydrogen-bond acceptors (Lipinski definition) is 3. The molecule has 0 spiro atoms. The number of thioether (sulfide) groups is 2. The maximum Gasteiger partial charge on any atom is 0.177 e. The standard InChI is InChI=1S/C11H18N2S3/c1-8(2)10-5-12-11(14)13(10)6-9-7-15-3-4-16-9/h5,8-9H,3-4,6-7H2,1-2H3,(H,12,14). The summed E-state index contributed by atoms with van der Waals surface area (Å²) < 4.78 is 3.16. The fourth-order valence-electron chi connectivity index (χ4n) is 1.92. The van der Waals surface area contributed by atoms with Gasteiger partial charge in [-0.2, -0.15) is 23.5 Å². The summed E-state index contributed by atoms with van der Waals surface area (Å²) in [7, 11) is 0. The summed E-state index contributed by atoms with van der Waals surface area (Å²) >= 11 is 9.51.